The fraction of sp³-hybridized carbons (Fsp3) is 0.238. The van der Waals surface area contributed by atoms with E-state index in [-0.39, 0.29) is 28.5 Å². The molecule has 1 amide bonds. The van der Waals surface area contributed by atoms with Gasteiger partial charge in [0.25, 0.3) is 5.56 Å². The van der Waals surface area contributed by atoms with Crippen molar-refractivity contribution in [3.63, 3.8) is 0 Å². The minimum atomic E-state index is -0.782. The minimum Gasteiger partial charge on any atom is -0.465 e. The van der Waals surface area contributed by atoms with Gasteiger partial charge in [-0.2, -0.15) is 4.98 Å². The number of amides is 1. The summed E-state index contributed by atoms with van der Waals surface area (Å²) in [5.41, 5.74) is -0.418. The maximum absolute atomic E-state index is 14.0. The van der Waals surface area contributed by atoms with E-state index in [1.807, 2.05) is 0 Å². The molecule has 0 spiro atoms. The molecule has 9 heteroatoms. The first-order chi connectivity index (χ1) is 14.1. The Kier molecular flexibility index (Phi) is 5.43. The lowest BCUT2D eigenvalue weighted by atomic mass is 9.96. The number of carbonyl (C=O) groups excluding carboxylic acids is 2. The van der Waals surface area contributed by atoms with Crippen molar-refractivity contribution in [3.05, 3.63) is 57.3 Å². The molecule has 0 saturated carbocycles. The number of benzene rings is 1. The Morgan fingerprint density at radius 3 is 2.60 bits per heavy atom. The second-order valence-corrected chi connectivity index (χ2v) is 7.48. The van der Waals surface area contributed by atoms with Crippen LogP contribution < -0.4 is 10.9 Å². The smallest absolute Gasteiger partial charge is 0.340 e. The second kappa shape index (κ2) is 7.83. The molecule has 0 saturated heterocycles. The summed E-state index contributed by atoms with van der Waals surface area (Å²) in [5.74, 6) is 3.72. The topological polar surface area (TPSA) is 117 Å². The normalized spacial score (nSPS) is 11.0. The molecule has 154 valence electrons. The zero-order valence-corrected chi connectivity index (χ0v) is 16.8. The van der Waals surface area contributed by atoms with Gasteiger partial charge in [-0.3, -0.25) is 19.9 Å². The van der Waals surface area contributed by atoms with E-state index in [9.17, 15) is 18.8 Å². The van der Waals surface area contributed by atoms with Crippen molar-refractivity contribution in [2.24, 2.45) is 5.41 Å². The summed E-state index contributed by atoms with van der Waals surface area (Å²) in [6, 6.07) is 3.86. The van der Waals surface area contributed by atoms with E-state index in [0.29, 0.717) is 11.1 Å². The van der Waals surface area contributed by atoms with Crippen LogP contribution in [0.4, 0.5) is 10.3 Å². The molecule has 30 heavy (non-hydrogen) atoms. The van der Waals surface area contributed by atoms with Gasteiger partial charge in [0, 0.05) is 17.2 Å². The van der Waals surface area contributed by atoms with Crippen LogP contribution in [-0.4, -0.2) is 33.9 Å². The van der Waals surface area contributed by atoms with Crippen molar-refractivity contribution >= 4 is 28.9 Å². The van der Waals surface area contributed by atoms with Crippen LogP contribution in [0.25, 0.3) is 11.0 Å². The van der Waals surface area contributed by atoms with E-state index in [2.05, 4.69) is 36.8 Å². The molecule has 0 fully saturated rings. The van der Waals surface area contributed by atoms with Crippen LogP contribution in [0.2, 0.25) is 0 Å². The van der Waals surface area contributed by atoms with Crippen molar-refractivity contribution in [2.75, 3.05) is 12.4 Å². The molecular formula is C21H19FN4O4. The molecule has 1 aromatic carbocycles. The van der Waals surface area contributed by atoms with Crippen molar-refractivity contribution in [1.29, 1.82) is 0 Å². The number of rotatable bonds is 2. The molecule has 0 unspecified atom stereocenters. The summed E-state index contributed by atoms with van der Waals surface area (Å²) in [6.45, 7) is 5.21. The Morgan fingerprint density at radius 2 is 1.97 bits per heavy atom. The summed E-state index contributed by atoms with van der Waals surface area (Å²) < 4.78 is 18.5. The molecule has 0 aliphatic rings. The maximum atomic E-state index is 14.0. The third kappa shape index (κ3) is 4.22. The van der Waals surface area contributed by atoms with Gasteiger partial charge in [-0.15, -0.1) is 0 Å². The fourth-order valence-electron chi connectivity index (χ4n) is 2.50. The number of fused-ring (bicyclic) bond motifs is 1. The predicted octanol–water partition coefficient (Wildman–Crippen LogP) is 2.56. The first kappa shape index (κ1) is 20.8. The molecule has 8 nitrogen and oxygen atoms in total. The van der Waals surface area contributed by atoms with Gasteiger partial charge in [0.2, 0.25) is 11.9 Å². The van der Waals surface area contributed by atoms with Crippen molar-refractivity contribution in [1.82, 2.24) is 15.0 Å². The Balaban J connectivity index is 1.93. The summed E-state index contributed by atoms with van der Waals surface area (Å²) in [6.07, 6.45) is 1.49. The fourth-order valence-corrected chi connectivity index (χ4v) is 2.50. The van der Waals surface area contributed by atoms with Gasteiger partial charge < -0.3 is 9.72 Å². The lowest BCUT2D eigenvalue weighted by Crippen LogP contribution is -2.29. The highest BCUT2D eigenvalue weighted by Crippen LogP contribution is 2.17. The minimum absolute atomic E-state index is 0.0225. The maximum Gasteiger partial charge on any atom is 0.340 e. The Labute approximate surface area is 170 Å². The Bertz CT molecular complexity index is 1270. The molecular weight excluding hydrogens is 391 g/mol. The summed E-state index contributed by atoms with van der Waals surface area (Å²) in [7, 11) is 1.16. The monoisotopic (exact) mass is 410 g/mol. The number of aromatic nitrogens is 3. The van der Waals surface area contributed by atoms with Gasteiger partial charge in [-0.25, -0.2) is 9.18 Å². The van der Waals surface area contributed by atoms with Gasteiger partial charge in [-0.05, 0) is 18.2 Å². The lowest BCUT2D eigenvalue weighted by Gasteiger charge is -2.16. The average molecular weight is 410 g/mol. The highest BCUT2D eigenvalue weighted by molar-refractivity contribution is 5.94. The van der Waals surface area contributed by atoms with Gasteiger partial charge in [-0.1, -0.05) is 32.6 Å². The summed E-state index contributed by atoms with van der Waals surface area (Å²) in [4.78, 5) is 45.6. The molecule has 0 radical (unpaired) electrons. The number of H-pyrrole nitrogens is 2. The number of carbonyl (C=O) groups is 2. The van der Waals surface area contributed by atoms with Gasteiger partial charge in [0.15, 0.2) is 0 Å². The predicted molar refractivity (Wildman–Crippen MR) is 109 cm³/mol. The first-order valence-electron chi connectivity index (χ1n) is 8.93. The van der Waals surface area contributed by atoms with Crippen LogP contribution in [0.15, 0.2) is 29.2 Å². The van der Waals surface area contributed by atoms with Crippen LogP contribution in [0, 0.1) is 23.1 Å². The van der Waals surface area contributed by atoms with Crippen LogP contribution in [0.3, 0.4) is 0 Å². The Hall–Kier alpha value is -3.93. The number of methoxy groups -OCH3 is 1. The average Bonchev–Trinajstić information content (AvgIpc) is 3.08. The van der Waals surface area contributed by atoms with Crippen molar-refractivity contribution in [2.45, 2.75) is 20.8 Å². The molecule has 3 N–H and O–H groups in total. The SMILES string of the molecule is COC(=O)c1ccc(C#Cc2c[nH]c3nc(NC(=O)C(C)(C)C)[nH]c(=O)c23)cc1F. The molecule has 0 aliphatic heterocycles. The number of nitrogens with one attached hydrogen (secondary N) is 3. The van der Waals surface area contributed by atoms with Crippen LogP contribution >= 0.6 is 0 Å². The number of hydrogen-bond acceptors (Lipinski definition) is 5. The van der Waals surface area contributed by atoms with Crippen molar-refractivity contribution in [3.8, 4) is 11.8 Å². The van der Waals surface area contributed by atoms with E-state index in [1.165, 1.54) is 18.3 Å². The molecule has 0 atom stereocenters. The van der Waals surface area contributed by atoms with Gasteiger partial charge >= 0.3 is 5.97 Å². The number of halogens is 1. The number of anilines is 1. The molecule has 0 bridgehead atoms. The quantitative estimate of drug-likeness (QED) is 0.443. The van der Waals surface area contributed by atoms with Gasteiger partial charge in [0.1, 0.15) is 11.5 Å². The van der Waals surface area contributed by atoms with Crippen molar-refractivity contribution < 1.29 is 18.7 Å². The molecule has 2 aromatic heterocycles. The molecule has 3 rings (SSSR count). The largest absolute Gasteiger partial charge is 0.465 e. The van der Waals surface area contributed by atoms with Gasteiger partial charge in [0.05, 0.1) is 23.6 Å². The zero-order chi connectivity index (χ0) is 22.1. The summed E-state index contributed by atoms with van der Waals surface area (Å²) >= 11 is 0. The van der Waals surface area contributed by atoms with E-state index in [4.69, 9.17) is 0 Å². The zero-order valence-electron chi connectivity index (χ0n) is 16.8. The first-order valence-corrected chi connectivity index (χ1v) is 8.93. The van der Waals surface area contributed by atoms with E-state index < -0.39 is 22.8 Å². The molecule has 2 heterocycles. The number of aromatic amines is 2. The standard InChI is InChI=1S/C21H19FN4O4/c1-21(2,3)19(29)26-20-24-16-15(17(27)25-20)12(10-23-16)7-5-11-6-8-13(14(22)9-11)18(28)30-4/h6,8-10H,1-4H3,(H3,23,24,25,26,27,29). The third-order valence-electron chi connectivity index (χ3n) is 4.17. The third-order valence-corrected chi connectivity index (χ3v) is 4.17. The van der Waals surface area contributed by atoms with E-state index in [0.717, 1.165) is 13.2 Å². The molecule has 3 aromatic rings. The number of ether oxygens (including phenoxy) is 1. The number of esters is 1. The van der Waals surface area contributed by atoms with Crippen LogP contribution in [-0.2, 0) is 9.53 Å². The second-order valence-electron chi connectivity index (χ2n) is 7.48. The van der Waals surface area contributed by atoms with Crippen LogP contribution in [0.5, 0.6) is 0 Å². The lowest BCUT2D eigenvalue weighted by molar-refractivity contribution is -0.123. The van der Waals surface area contributed by atoms with Crippen LogP contribution in [0.1, 0.15) is 42.3 Å². The summed E-state index contributed by atoms with van der Waals surface area (Å²) in [5, 5.41) is 2.78. The number of nitrogens with zero attached hydrogens (tertiary/aromatic N) is 1. The van der Waals surface area contributed by atoms with E-state index >= 15 is 0 Å². The Morgan fingerprint density at radius 1 is 1.23 bits per heavy atom. The van der Waals surface area contributed by atoms with E-state index in [1.54, 1.807) is 20.8 Å². The molecule has 0 aliphatic carbocycles. The highest BCUT2D eigenvalue weighted by Gasteiger charge is 2.22. The number of hydrogen-bond donors (Lipinski definition) is 3. The highest BCUT2D eigenvalue weighted by atomic mass is 19.1.